The molecule has 29 heavy (non-hydrogen) atoms. The topological polar surface area (TPSA) is 75.5 Å². The van der Waals surface area contributed by atoms with Crippen molar-refractivity contribution in [3.63, 3.8) is 0 Å². The molecule has 7 nitrogen and oxygen atoms in total. The van der Waals surface area contributed by atoms with E-state index < -0.39 is 0 Å². The number of rotatable bonds is 5. The number of thiophene rings is 1. The Morgan fingerprint density at radius 2 is 2.07 bits per heavy atom. The third-order valence-corrected chi connectivity index (χ3v) is 6.22. The Morgan fingerprint density at radius 1 is 1.24 bits per heavy atom. The number of morpholine rings is 1. The number of aromatic nitrogens is 3. The lowest BCUT2D eigenvalue weighted by atomic mass is 9.94. The number of fused-ring (bicyclic) bond motifs is 1. The van der Waals surface area contributed by atoms with Crippen LogP contribution in [0.25, 0.3) is 10.2 Å². The van der Waals surface area contributed by atoms with Gasteiger partial charge in [0, 0.05) is 24.5 Å². The third-order valence-electron chi connectivity index (χ3n) is 4.75. The van der Waals surface area contributed by atoms with E-state index in [0.29, 0.717) is 5.82 Å². The van der Waals surface area contributed by atoms with Crippen LogP contribution in [0, 0.1) is 0 Å². The highest BCUT2D eigenvalue weighted by atomic mass is 32.1. The van der Waals surface area contributed by atoms with Crippen LogP contribution in [0.2, 0.25) is 0 Å². The van der Waals surface area contributed by atoms with Gasteiger partial charge in [-0.25, -0.2) is 9.97 Å². The Kier molecular flexibility index (Phi) is 5.84. The van der Waals surface area contributed by atoms with Crippen LogP contribution in [0.3, 0.4) is 0 Å². The molecule has 0 amide bonds. The summed E-state index contributed by atoms with van der Waals surface area (Å²) in [5.74, 6) is 0.711. The molecule has 152 valence electrons. The summed E-state index contributed by atoms with van der Waals surface area (Å²) >= 11 is 1.70. The van der Waals surface area contributed by atoms with E-state index in [9.17, 15) is 0 Å². The van der Waals surface area contributed by atoms with E-state index in [1.807, 2.05) is 18.2 Å². The van der Waals surface area contributed by atoms with Gasteiger partial charge in [-0.3, -0.25) is 15.3 Å². The van der Waals surface area contributed by atoms with Gasteiger partial charge in [-0.1, -0.05) is 26.8 Å². The summed E-state index contributed by atoms with van der Waals surface area (Å²) < 4.78 is 5.41. The van der Waals surface area contributed by atoms with E-state index in [-0.39, 0.29) is 5.41 Å². The predicted octanol–water partition coefficient (Wildman–Crippen LogP) is 3.66. The van der Waals surface area contributed by atoms with Crippen LogP contribution in [0.15, 0.2) is 35.7 Å². The van der Waals surface area contributed by atoms with Crippen molar-refractivity contribution in [2.75, 3.05) is 31.7 Å². The quantitative estimate of drug-likeness (QED) is 0.511. The summed E-state index contributed by atoms with van der Waals surface area (Å²) in [6, 6.07) is 8.17. The molecule has 0 aliphatic carbocycles. The fourth-order valence-electron chi connectivity index (χ4n) is 3.12. The maximum absolute atomic E-state index is 5.41. The third kappa shape index (κ3) is 4.95. The van der Waals surface area contributed by atoms with Crippen molar-refractivity contribution in [2.24, 2.45) is 5.10 Å². The van der Waals surface area contributed by atoms with Gasteiger partial charge < -0.3 is 4.74 Å². The van der Waals surface area contributed by atoms with E-state index in [2.05, 4.69) is 52.2 Å². The van der Waals surface area contributed by atoms with E-state index in [0.717, 1.165) is 54.5 Å². The summed E-state index contributed by atoms with van der Waals surface area (Å²) in [6.45, 7) is 10.9. The highest BCUT2D eigenvalue weighted by Crippen LogP contribution is 2.35. The van der Waals surface area contributed by atoms with E-state index in [1.165, 1.54) is 4.88 Å². The summed E-state index contributed by atoms with van der Waals surface area (Å²) in [4.78, 5) is 18.0. The molecule has 1 saturated heterocycles. The Labute approximate surface area is 174 Å². The van der Waals surface area contributed by atoms with Gasteiger partial charge in [0.1, 0.15) is 11.2 Å². The van der Waals surface area contributed by atoms with Gasteiger partial charge >= 0.3 is 0 Å². The van der Waals surface area contributed by atoms with Gasteiger partial charge in [0.15, 0.2) is 5.82 Å². The van der Waals surface area contributed by atoms with E-state index in [4.69, 9.17) is 9.72 Å². The average molecular weight is 411 g/mol. The monoisotopic (exact) mass is 410 g/mol. The first-order valence-electron chi connectivity index (χ1n) is 9.79. The normalized spacial score (nSPS) is 16.0. The number of pyridine rings is 1. The molecule has 1 aliphatic rings. The lowest BCUT2D eigenvalue weighted by Crippen LogP contribution is -2.35. The van der Waals surface area contributed by atoms with Crippen molar-refractivity contribution in [3.05, 3.63) is 46.9 Å². The largest absolute Gasteiger partial charge is 0.379 e. The molecule has 3 aromatic rings. The van der Waals surface area contributed by atoms with Crippen LogP contribution in [-0.4, -0.2) is 52.4 Å². The molecule has 0 atom stereocenters. The standard InChI is InChI=1S/C21H26N6OS/c1-21(2,3)18-11-17-19(22-14-23-20(17)29-18)26-24-12-15-5-4-6-16(25-15)13-27-7-9-28-10-8-27/h4-6,11-12,14H,7-10,13H2,1-3H3,(H,22,23,26)/b24-12-. The molecule has 0 spiro atoms. The minimum atomic E-state index is 0.0801. The van der Waals surface area contributed by atoms with Crippen molar-refractivity contribution < 1.29 is 4.74 Å². The Balaban J connectivity index is 1.46. The van der Waals surface area contributed by atoms with Crippen LogP contribution in [0.4, 0.5) is 5.82 Å². The van der Waals surface area contributed by atoms with Gasteiger partial charge in [0.05, 0.1) is 36.2 Å². The summed E-state index contributed by atoms with van der Waals surface area (Å²) in [5.41, 5.74) is 4.99. The second-order valence-corrected chi connectivity index (χ2v) is 9.14. The van der Waals surface area contributed by atoms with Gasteiger partial charge in [-0.05, 0) is 23.6 Å². The van der Waals surface area contributed by atoms with Crippen molar-refractivity contribution in [1.29, 1.82) is 0 Å². The Bertz CT molecular complexity index is 1000. The number of anilines is 1. The van der Waals surface area contributed by atoms with Crippen LogP contribution >= 0.6 is 11.3 Å². The SMILES string of the molecule is CC(C)(C)c1cc2c(N/N=C\c3cccc(CN4CCOCC4)n3)ncnc2s1. The van der Waals surface area contributed by atoms with Crippen LogP contribution in [0.5, 0.6) is 0 Å². The number of ether oxygens (including phenoxy) is 1. The first-order valence-corrected chi connectivity index (χ1v) is 10.6. The van der Waals surface area contributed by atoms with Crippen LogP contribution in [0.1, 0.15) is 37.0 Å². The van der Waals surface area contributed by atoms with E-state index in [1.54, 1.807) is 23.9 Å². The molecule has 1 N–H and O–H groups in total. The highest BCUT2D eigenvalue weighted by molar-refractivity contribution is 7.18. The first kappa shape index (κ1) is 19.9. The first-order chi connectivity index (χ1) is 14.0. The molecule has 0 radical (unpaired) electrons. The lowest BCUT2D eigenvalue weighted by Gasteiger charge is -2.26. The number of hydrazone groups is 1. The molecule has 3 aromatic heterocycles. The molecule has 0 bridgehead atoms. The van der Waals surface area contributed by atoms with Gasteiger partial charge in [-0.15, -0.1) is 11.3 Å². The summed E-state index contributed by atoms with van der Waals surface area (Å²) in [7, 11) is 0. The van der Waals surface area contributed by atoms with Crippen molar-refractivity contribution in [1.82, 2.24) is 19.9 Å². The number of hydrogen-bond donors (Lipinski definition) is 1. The van der Waals surface area contributed by atoms with Crippen molar-refractivity contribution in [2.45, 2.75) is 32.7 Å². The molecule has 1 fully saturated rings. The summed E-state index contributed by atoms with van der Waals surface area (Å²) in [5, 5.41) is 5.36. The Morgan fingerprint density at radius 3 is 2.86 bits per heavy atom. The van der Waals surface area contributed by atoms with Crippen LogP contribution < -0.4 is 5.43 Å². The minimum absolute atomic E-state index is 0.0801. The molecule has 0 unspecified atom stereocenters. The van der Waals surface area contributed by atoms with Gasteiger partial charge in [0.2, 0.25) is 0 Å². The van der Waals surface area contributed by atoms with E-state index >= 15 is 0 Å². The fourth-order valence-corrected chi connectivity index (χ4v) is 4.18. The van der Waals surface area contributed by atoms with Gasteiger partial charge in [-0.2, -0.15) is 5.10 Å². The molecule has 0 aromatic carbocycles. The van der Waals surface area contributed by atoms with Crippen molar-refractivity contribution >= 4 is 33.6 Å². The zero-order valence-electron chi connectivity index (χ0n) is 17.1. The zero-order valence-corrected chi connectivity index (χ0v) is 17.9. The molecule has 1 aliphatic heterocycles. The van der Waals surface area contributed by atoms with Crippen molar-refractivity contribution in [3.8, 4) is 0 Å². The number of hydrogen-bond acceptors (Lipinski definition) is 8. The molecule has 8 heteroatoms. The zero-order chi connectivity index (χ0) is 20.3. The molecular formula is C21H26N6OS. The molecular weight excluding hydrogens is 384 g/mol. The molecule has 4 rings (SSSR count). The lowest BCUT2D eigenvalue weighted by molar-refractivity contribution is 0.0336. The second-order valence-electron chi connectivity index (χ2n) is 8.11. The maximum Gasteiger partial charge on any atom is 0.158 e. The number of nitrogens with one attached hydrogen (secondary N) is 1. The minimum Gasteiger partial charge on any atom is -0.379 e. The number of nitrogens with zero attached hydrogens (tertiary/aromatic N) is 5. The highest BCUT2D eigenvalue weighted by Gasteiger charge is 2.19. The Hall–Kier alpha value is -2.42. The maximum atomic E-state index is 5.41. The predicted molar refractivity (Wildman–Crippen MR) is 118 cm³/mol. The second kappa shape index (κ2) is 8.52. The van der Waals surface area contributed by atoms with Gasteiger partial charge in [0.25, 0.3) is 0 Å². The van der Waals surface area contributed by atoms with Crippen LogP contribution in [-0.2, 0) is 16.7 Å². The fraction of sp³-hybridized carbons (Fsp3) is 0.429. The molecule has 0 saturated carbocycles. The smallest absolute Gasteiger partial charge is 0.158 e. The summed E-state index contributed by atoms with van der Waals surface area (Å²) in [6.07, 6.45) is 3.30. The molecule has 4 heterocycles. The average Bonchev–Trinajstić information content (AvgIpc) is 3.15.